The molecule has 0 amide bonds. The molecule has 2 rings (SSSR count). The molecule has 3 nitrogen and oxygen atoms in total. The Labute approximate surface area is 121 Å². The van der Waals surface area contributed by atoms with Crippen molar-refractivity contribution in [2.24, 2.45) is 11.8 Å². The molecule has 1 aromatic heterocycles. The van der Waals surface area contributed by atoms with E-state index in [-0.39, 0.29) is 0 Å². The average Bonchev–Trinajstić information content (AvgIpc) is 2.70. The van der Waals surface area contributed by atoms with Gasteiger partial charge in [0, 0.05) is 25.8 Å². The average molecular weight is 282 g/mol. The maximum Gasteiger partial charge on any atom is 0.147 e. The Bertz CT molecular complexity index is 412. The Kier molecular flexibility index (Phi) is 5.06. The first-order valence-corrected chi connectivity index (χ1v) is 7.59. The van der Waals surface area contributed by atoms with Crippen molar-refractivity contribution < 1.29 is 0 Å². The summed E-state index contributed by atoms with van der Waals surface area (Å²) in [4.78, 5) is 6.87. The first kappa shape index (κ1) is 14.6. The van der Waals surface area contributed by atoms with Gasteiger partial charge in [0.05, 0.1) is 5.02 Å². The summed E-state index contributed by atoms with van der Waals surface area (Å²) in [6, 6.07) is 2.04. The molecule has 0 aromatic carbocycles. The number of anilines is 1. The number of hydrogen-bond donors (Lipinski definition) is 1. The quantitative estimate of drug-likeness (QED) is 0.839. The molecule has 0 radical (unpaired) electrons. The zero-order chi connectivity index (χ0) is 13.8. The summed E-state index contributed by atoms with van der Waals surface area (Å²) >= 11 is 6.39. The van der Waals surface area contributed by atoms with Gasteiger partial charge in [-0.15, -0.1) is 0 Å². The van der Waals surface area contributed by atoms with Crippen LogP contribution in [0.5, 0.6) is 0 Å². The minimum absolute atomic E-state index is 0.712. The zero-order valence-corrected chi connectivity index (χ0v) is 12.9. The largest absolute Gasteiger partial charge is 0.355 e. The summed E-state index contributed by atoms with van der Waals surface area (Å²) in [5.74, 6) is 2.37. The predicted octanol–water partition coefficient (Wildman–Crippen LogP) is 3.33. The van der Waals surface area contributed by atoms with Crippen LogP contribution in [0.15, 0.2) is 12.3 Å². The van der Waals surface area contributed by atoms with Gasteiger partial charge in [0.2, 0.25) is 0 Å². The second-order valence-electron chi connectivity index (χ2n) is 5.69. The summed E-state index contributed by atoms with van der Waals surface area (Å²) < 4.78 is 0. The van der Waals surface area contributed by atoms with Crippen LogP contribution in [0.2, 0.25) is 5.02 Å². The lowest BCUT2D eigenvalue weighted by Gasteiger charge is -2.19. The fraction of sp³-hybridized carbons (Fsp3) is 0.667. The van der Waals surface area contributed by atoms with Crippen molar-refractivity contribution >= 4 is 17.4 Å². The smallest absolute Gasteiger partial charge is 0.147 e. The van der Waals surface area contributed by atoms with Gasteiger partial charge >= 0.3 is 0 Å². The van der Waals surface area contributed by atoms with Crippen LogP contribution in [0.3, 0.4) is 0 Å². The number of aromatic nitrogens is 1. The highest BCUT2D eigenvalue weighted by molar-refractivity contribution is 6.33. The van der Waals surface area contributed by atoms with E-state index < -0.39 is 0 Å². The molecule has 1 aromatic rings. The Morgan fingerprint density at radius 1 is 1.37 bits per heavy atom. The van der Waals surface area contributed by atoms with Crippen LogP contribution in [-0.4, -0.2) is 24.6 Å². The maximum absolute atomic E-state index is 6.39. The molecular weight excluding hydrogens is 258 g/mol. The molecule has 2 heterocycles. The predicted molar refractivity (Wildman–Crippen MR) is 81.8 cm³/mol. The van der Waals surface area contributed by atoms with Gasteiger partial charge in [-0.25, -0.2) is 4.98 Å². The minimum atomic E-state index is 0.712. The monoisotopic (exact) mass is 281 g/mol. The van der Waals surface area contributed by atoms with Crippen LogP contribution in [0, 0.1) is 11.8 Å². The summed E-state index contributed by atoms with van der Waals surface area (Å²) in [7, 11) is 0. The van der Waals surface area contributed by atoms with Gasteiger partial charge in [-0.05, 0) is 36.4 Å². The normalized spacial score (nSPS) is 23.1. The van der Waals surface area contributed by atoms with Crippen LogP contribution in [0.1, 0.15) is 32.8 Å². The van der Waals surface area contributed by atoms with Gasteiger partial charge in [0.1, 0.15) is 5.82 Å². The lowest BCUT2D eigenvalue weighted by Crippen LogP contribution is -2.21. The molecule has 0 aliphatic carbocycles. The summed E-state index contributed by atoms with van der Waals surface area (Å²) in [6.07, 6.45) is 3.08. The van der Waals surface area contributed by atoms with E-state index >= 15 is 0 Å². The number of hydrogen-bond acceptors (Lipinski definition) is 3. The lowest BCUT2D eigenvalue weighted by molar-refractivity contribution is 0.494. The third-order valence-electron chi connectivity index (χ3n) is 3.92. The zero-order valence-electron chi connectivity index (χ0n) is 12.1. The molecule has 0 bridgehead atoms. The lowest BCUT2D eigenvalue weighted by atomic mass is 10.0. The van der Waals surface area contributed by atoms with Crippen LogP contribution in [0.25, 0.3) is 0 Å². The second kappa shape index (κ2) is 6.58. The van der Waals surface area contributed by atoms with E-state index in [1.165, 1.54) is 0 Å². The topological polar surface area (TPSA) is 28.2 Å². The van der Waals surface area contributed by atoms with E-state index in [9.17, 15) is 0 Å². The van der Waals surface area contributed by atoms with Crippen molar-refractivity contribution in [1.82, 2.24) is 10.3 Å². The molecule has 1 fully saturated rings. The molecule has 1 saturated heterocycles. The Morgan fingerprint density at radius 3 is 2.63 bits per heavy atom. The highest BCUT2D eigenvalue weighted by Gasteiger charge is 2.28. The van der Waals surface area contributed by atoms with Crippen molar-refractivity contribution in [2.75, 3.05) is 24.5 Å². The highest BCUT2D eigenvalue weighted by Crippen LogP contribution is 2.31. The van der Waals surface area contributed by atoms with Crippen molar-refractivity contribution in [1.29, 1.82) is 0 Å². The van der Waals surface area contributed by atoms with E-state index in [2.05, 4.69) is 36.0 Å². The van der Waals surface area contributed by atoms with Crippen molar-refractivity contribution in [2.45, 2.75) is 33.7 Å². The van der Waals surface area contributed by atoms with Crippen LogP contribution in [0.4, 0.5) is 5.82 Å². The SMILES string of the molecule is CCCNCc1cnc(N2CC(C)C(C)C2)c(Cl)c1. The number of nitrogens with one attached hydrogen (secondary N) is 1. The Morgan fingerprint density at radius 2 is 2.05 bits per heavy atom. The van der Waals surface area contributed by atoms with Crippen LogP contribution in [-0.2, 0) is 6.54 Å². The molecule has 1 aliphatic heterocycles. The van der Waals surface area contributed by atoms with Gasteiger partial charge in [0.25, 0.3) is 0 Å². The molecule has 1 aliphatic rings. The van der Waals surface area contributed by atoms with Gasteiger partial charge in [-0.2, -0.15) is 0 Å². The third-order valence-corrected chi connectivity index (χ3v) is 4.20. The Balaban J connectivity index is 2.03. The van der Waals surface area contributed by atoms with E-state index in [0.29, 0.717) is 11.8 Å². The molecule has 19 heavy (non-hydrogen) atoms. The van der Waals surface area contributed by atoms with Crippen LogP contribution >= 0.6 is 11.6 Å². The van der Waals surface area contributed by atoms with E-state index in [4.69, 9.17) is 11.6 Å². The maximum atomic E-state index is 6.39. The summed E-state index contributed by atoms with van der Waals surface area (Å²) in [6.45, 7) is 10.7. The number of halogens is 1. The number of rotatable bonds is 5. The van der Waals surface area contributed by atoms with Crippen molar-refractivity contribution in [3.8, 4) is 0 Å². The first-order valence-electron chi connectivity index (χ1n) is 7.22. The van der Waals surface area contributed by atoms with Gasteiger partial charge in [0.15, 0.2) is 0 Å². The number of pyridine rings is 1. The molecular formula is C15H24ClN3. The molecule has 2 unspecified atom stereocenters. The standard InChI is InChI=1S/C15H24ClN3/c1-4-5-17-7-13-6-14(16)15(18-8-13)19-9-11(2)12(3)10-19/h6,8,11-12,17H,4-5,7,9-10H2,1-3H3. The van der Waals surface area contributed by atoms with Gasteiger partial charge < -0.3 is 10.2 Å². The fourth-order valence-corrected chi connectivity index (χ4v) is 2.82. The van der Waals surface area contributed by atoms with Gasteiger partial charge in [-0.3, -0.25) is 0 Å². The summed E-state index contributed by atoms with van der Waals surface area (Å²) in [5, 5.41) is 4.14. The third kappa shape index (κ3) is 3.61. The number of nitrogens with zero attached hydrogens (tertiary/aromatic N) is 2. The molecule has 1 N–H and O–H groups in total. The van der Waals surface area contributed by atoms with E-state index in [1.54, 1.807) is 0 Å². The summed E-state index contributed by atoms with van der Waals surface area (Å²) in [5.41, 5.74) is 1.16. The van der Waals surface area contributed by atoms with Gasteiger partial charge in [-0.1, -0.05) is 32.4 Å². The van der Waals surface area contributed by atoms with Crippen molar-refractivity contribution in [3.05, 3.63) is 22.8 Å². The molecule has 0 saturated carbocycles. The molecule has 0 spiro atoms. The van der Waals surface area contributed by atoms with E-state index in [0.717, 1.165) is 49.0 Å². The van der Waals surface area contributed by atoms with Crippen molar-refractivity contribution in [3.63, 3.8) is 0 Å². The Hall–Kier alpha value is -0.800. The highest BCUT2D eigenvalue weighted by atomic mass is 35.5. The molecule has 106 valence electrons. The minimum Gasteiger partial charge on any atom is -0.355 e. The molecule has 4 heteroatoms. The molecule has 2 atom stereocenters. The second-order valence-corrected chi connectivity index (χ2v) is 6.09. The first-order chi connectivity index (χ1) is 9.11. The van der Waals surface area contributed by atoms with E-state index in [1.807, 2.05) is 12.3 Å². The van der Waals surface area contributed by atoms with Crippen LogP contribution < -0.4 is 10.2 Å². The fourth-order valence-electron chi connectivity index (χ4n) is 2.51.